The number of anilines is 1. The van der Waals surface area contributed by atoms with Crippen LogP contribution in [-0.4, -0.2) is 38.0 Å². The maximum absolute atomic E-state index is 12.6. The van der Waals surface area contributed by atoms with Crippen LogP contribution < -0.4 is 10.1 Å². The zero-order valence-electron chi connectivity index (χ0n) is 18.2. The molecule has 0 aliphatic rings. The minimum Gasteiger partial charge on any atom is -0.494 e. The van der Waals surface area contributed by atoms with Crippen molar-refractivity contribution in [3.05, 3.63) is 77.6 Å². The molecule has 0 spiro atoms. The number of ether oxygens (including phenoxy) is 1. The first-order chi connectivity index (χ1) is 16.0. The number of aryl methyl sites for hydroxylation is 1. The highest BCUT2D eigenvalue weighted by Gasteiger charge is 2.18. The number of nitrogens with zero attached hydrogens (tertiary/aromatic N) is 4. The van der Waals surface area contributed by atoms with Gasteiger partial charge in [0.2, 0.25) is 5.91 Å². The van der Waals surface area contributed by atoms with Crippen LogP contribution in [0.15, 0.2) is 72.1 Å². The average molecular weight is 480 g/mol. The number of hydrogen-bond donors (Lipinski definition) is 1. The van der Waals surface area contributed by atoms with Gasteiger partial charge >= 0.3 is 0 Å². The van der Waals surface area contributed by atoms with E-state index in [0.717, 1.165) is 22.6 Å². The molecule has 4 rings (SSSR count). The lowest BCUT2D eigenvalue weighted by atomic mass is 10.2. The molecule has 1 amide bonds. The van der Waals surface area contributed by atoms with E-state index in [4.69, 9.17) is 16.3 Å². The van der Waals surface area contributed by atoms with Crippen molar-refractivity contribution in [3.63, 3.8) is 0 Å². The van der Waals surface area contributed by atoms with Crippen molar-refractivity contribution >= 4 is 35.0 Å². The molecule has 0 atom stereocenters. The Balaban J connectivity index is 1.58. The summed E-state index contributed by atoms with van der Waals surface area (Å²) in [7, 11) is 0. The fraction of sp³-hybridized carbons (Fsp3) is 0.167. The summed E-state index contributed by atoms with van der Waals surface area (Å²) in [5.74, 6) is 1.37. The number of nitrogens with one attached hydrogen (secondary N) is 1. The van der Waals surface area contributed by atoms with Crippen LogP contribution in [0.25, 0.3) is 17.1 Å². The summed E-state index contributed by atoms with van der Waals surface area (Å²) >= 11 is 7.53. The Labute approximate surface area is 201 Å². The van der Waals surface area contributed by atoms with Crippen LogP contribution in [0.3, 0.4) is 0 Å². The molecular weight excluding hydrogens is 458 g/mol. The van der Waals surface area contributed by atoms with Gasteiger partial charge in [0.15, 0.2) is 11.0 Å². The van der Waals surface area contributed by atoms with E-state index >= 15 is 0 Å². The number of hydrogen-bond acceptors (Lipinski definition) is 6. The second kappa shape index (κ2) is 10.5. The van der Waals surface area contributed by atoms with Crippen LogP contribution in [0.5, 0.6) is 5.75 Å². The molecule has 9 heteroatoms. The van der Waals surface area contributed by atoms with E-state index in [2.05, 4.69) is 20.5 Å². The van der Waals surface area contributed by atoms with Gasteiger partial charge in [0.05, 0.1) is 23.1 Å². The van der Waals surface area contributed by atoms with Crippen molar-refractivity contribution in [2.75, 3.05) is 17.7 Å². The van der Waals surface area contributed by atoms with Crippen molar-refractivity contribution in [2.45, 2.75) is 19.0 Å². The lowest BCUT2D eigenvalue weighted by Gasteiger charge is -2.12. The minimum absolute atomic E-state index is 0.145. The molecule has 2 heterocycles. The zero-order valence-corrected chi connectivity index (χ0v) is 19.7. The summed E-state index contributed by atoms with van der Waals surface area (Å²) < 4.78 is 7.46. The number of pyridine rings is 1. The monoisotopic (exact) mass is 479 g/mol. The normalized spacial score (nSPS) is 10.8. The first-order valence-corrected chi connectivity index (χ1v) is 11.7. The smallest absolute Gasteiger partial charge is 0.234 e. The molecule has 0 saturated heterocycles. The molecular formula is C24H22ClN5O2S. The molecule has 4 aromatic rings. The van der Waals surface area contributed by atoms with Gasteiger partial charge in [-0.3, -0.25) is 14.3 Å². The van der Waals surface area contributed by atoms with Gasteiger partial charge in [0, 0.05) is 23.6 Å². The van der Waals surface area contributed by atoms with E-state index in [9.17, 15) is 4.79 Å². The van der Waals surface area contributed by atoms with Crippen LogP contribution in [-0.2, 0) is 4.79 Å². The second-order valence-electron chi connectivity index (χ2n) is 7.13. The Morgan fingerprint density at radius 3 is 2.67 bits per heavy atom. The third-order valence-electron chi connectivity index (χ3n) is 4.69. The Bertz CT molecular complexity index is 1250. The van der Waals surface area contributed by atoms with E-state index in [1.807, 2.05) is 66.9 Å². The van der Waals surface area contributed by atoms with Crippen molar-refractivity contribution < 1.29 is 9.53 Å². The second-order valence-corrected chi connectivity index (χ2v) is 8.48. The summed E-state index contributed by atoms with van der Waals surface area (Å²) in [4.78, 5) is 16.8. The highest BCUT2D eigenvalue weighted by atomic mass is 35.5. The van der Waals surface area contributed by atoms with Crippen molar-refractivity contribution in [1.82, 2.24) is 19.7 Å². The van der Waals surface area contributed by atoms with Gasteiger partial charge in [-0.05, 0) is 67.9 Å². The van der Waals surface area contributed by atoms with Gasteiger partial charge in [0.1, 0.15) is 5.75 Å². The highest BCUT2D eigenvalue weighted by molar-refractivity contribution is 7.99. The number of benzene rings is 2. The fourth-order valence-corrected chi connectivity index (χ4v) is 4.21. The summed E-state index contributed by atoms with van der Waals surface area (Å²) in [5.41, 5.74) is 3.28. The lowest BCUT2D eigenvalue weighted by molar-refractivity contribution is -0.113. The van der Waals surface area contributed by atoms with Gasteiger partial charge in [-0.15, -0.1) is 10.2 Å². The molecule has 168 valence electrons. The van der Waals surface area contributed by atoms with E-state index in [1.165, 1.54) is 11.8 Å². The largest absolute Gasteiger partial charge is 0.494 e. The standard InChI is InChI=1S/C24H22ClN5O2S/c1-3-32-19-9-7-18(8-10-19)30-23(17-5-4-12-26-14-17)28-29-24(30)33-15-22(31)27-21-11-6-16(2)13-20(21)25/h4-14H,3,15H2,1-2H3,(H,27,31). The van der Waals surface area contributed by atoms with Crippen LogP contribution in [0, 0.1) is 6.92 Å². The van der Waals surface area contributed by atoms with Crippen LogP contribution in [0.4, 0.5) is 5.69 Å². The summed E-state index contributed by atoms with van der Waals surface area (Å²) in [5, 5.41) is 12.7. The molecule has 0 radical (unpaired) electrons. The Hall–Kier alpha value is -3.36. The van der Waals surface area contributed by atoms with E-state index < -0.39 is 0 Å². The predicted molar refractivity (Wildman–Crippen MR) is 131 cm³/mol. The van der Waals surface area contributed by atoms with Gasteiger partial charge in [-0.25, -0.2) is 0 Å². The number of aromatic nitrogens is 4. The van der Waals surface area contributed by atoms with Crippen LogP contribution in [0.1, 0.15) is 12.5 Å². The third-order valence-corrected chi connectivity index (χ3v) is 5.93. The fourth-order valence-electron chi connectivity index (χ4n) is 3.17. The van der Waals surface area contributed by atoms with Crippen molar-refractivity contribution in [2.24, 2.45) is 0 Å². The summed E-state index contributed by atoms with van der Waals surface area (Å²) in [6.45, 7) is 4.48. The maximum atomic E-state index is 12.6. The third kappa shape index (κ3) is 5.53. The quantitative estimate of drug-likeness (QED) is 0.340. The first kappa shape index (κ1) is 22.8. The minimum atomic E-state index is -0.185. The first-order valence-electron chi connectivity index (χ1n) is 10.3. The summed E-state index contributed by atoms with van der Waals surface area (Å²) in [6, 6.07) is 16.9. The van der Waals surface area contributed by atoms with Gasteiger partial charge < -0.3 is 10.1 Å². The molecule has 2 aromatic carbocycles. The number of amides is 1. The number of carbonyl (C=O) groups is 1. The molecule has 7 nitrogen and oxygen atoms in total. The molecule has 2 aromatic heterocycles. The van der Waals surface area contributed by atoms with Crippen LogP contribution >= 0.6 is 23.4 Å². The maximum Gasteiger partial charge on any atom is 0.234 e. The van der Waals surface area contributed by atoms with Gasteiger partial charge in [-0.1, -0.05) is 29.4 Å². The van der Waals surface area contributed by atoms with Crippen molar-refractivity contribution in [3.8, 4) is 22.8 Å². The highest BCUT2D eigenvalue weighted by Crippen LogP contribution is 2.29. The van der Waals surface area contributed by atoms with E-state index in [1.54, 1.807) is 18.5 Å². The molecule has 0 saturated carbocycles. The number of rotatable bonds is 8. The SMILES string of the molecule is CCOc1ccc(-n2c(SCC(=O)Nc3ccc(C)cc3Cl)nnc2-c2cccnc2)cc1. The summed E-state index contributed by atoms with van der Waals surface area (Å²) in [6.07, 6.45) is 3.44. The Kier molecular flexibility index (Phi) is 7.26. The number of carbonyl (C=O) groups excluding carboxylic acids is 1. The topological polar surface area (TPSA) is 81.9 Å². The molecule has 0 aliphatic heterocycles. The average Bonchev–Trinajstić information content (AvgIpc) is 3.25. The number of halogens is 1. The Morgan fingerprint density at radius 2 is 1.97 bits per heavy atom. The molecule has 0 unspecified atom stereocenters. The van der Waals surface area contributed by atoms with Crippen LogP contribution in [0.2, 0.25) is 5.02 Å². The molecule has 0 bridgehead atoms. The zero-order chi connectivity index (χ0) is 23.2. The molecule has 33 heavy (non-hydrogen) atoms. The Morgan fingerprint density at radius 1 is 1.15 bits per heavy atom. The van der Waals surface area contributed by atoms with Gasteiger partial charge in [-0.2, -0.15) is 0 Å². The number of thioether (sulfide) groups is 1. The molecule has 0 aliphatic carbocycles. The van der Waals surface area contributed by atoms with E-state index in [-0.39, 0.29) is 11.7 Å². The predicted octanol–water partition coefficient (Wildman–Crippen LogP) is 5.42. The molecule has 1 N–H and O–H groups in total. The van der Waals surface area contributed by atoms with Gasteiger partial charge in [0.25, 0.3) is 0 Å². The van der Waals surface area contributed by atoms with E-state index in [0.29, 0.717) is 28.3 Å². The van der Waals surface area contributed by atoms with Crippen molar-refractivity contribution in [1.29, 1.82) is 0 Å². The molecule has 0 fully saturated rings. The lowest BCUT2D eigenvalue weighted by Crippen LogP contribution is -2.15.